The molecule has 0 aliphatic heterocycles. The molecule has 21 heavy (non-hydrogen) atoms. The van der Waals surface area contributed by atoms with Gasteiger partial charge in [0.1, 0.15) is 5.75 Å². The molecule has 0 aliphatic carbocycles. The Morgan fingerprint density at radius 2 is 1.76 bits per heavy atom. The predicted molar refractivity (Wildman–Crippen MR) is 86.4 cm³/mol. The molecule has 5 heteroatoms. The lowest BCUT2D eigenvalue weighted by Crippen LogP contribution is -1.90. The number of ether oxygens (including phenoxy) is 1. The van der Waals surface area contributed by atoms with E-state index in [0.717, 1.165) is 27.8 Å². The molecule has 1 aromatic carbocycles. The zero-order valence-electron chi connectivity index (χ0n) is 11.8. The first kappa shape index (κ1) is 13.6. The van der Waals surface area contributed by atoms with Crippen LogP contribution in [0.5, 0.6) is 5.75 Å². The summed E-state index contributed by atoms with van der Waals surface area (Å²) in [6.07, 6.45) is 3.56. The van der Waals surface area contributed by atoms with Crippen molar-refractivity contribution in [3.63, 3.8) is 0 Å². The quantitative estimate of drug-likeness (QED) is 0.781. The molecule has 4 nitrogen and oxygen atoms in total. The van der Waals surface area contributed by atoms with Crippen LogP contribution in [0.3, 0.4) is 0 Å². The molecular weight excluding hydrogens is 282 g/mol. The van der Waals surface area contributed by atoms with Crippen LogP contribution in [0.15, 0.2) is 48.8 Å². The summed E-state index contributed by atoms with van der Waals surface area (Å²) in [6, 6.07) is 11.7. The second kappa shape index (κ2) is 5.93. The first-order valence-electron chi connectivity index (χ1n) is 6.55. The molecular formula is C16H15N3OS. The highest BCUT2D eigenvalue weighted by molar-refractivity contribution is 7.16. The minimum atomic E-state index is 0.841. The lowest BCUT2D eigenvalue weighted by Gasteiger charge is -2.03. The Kier molecular flexibility index (Phi) is 3.83. The molecule has 1 N–H and O–H groups in total. The number of benzene rings is 1. The van der Waals surface area contributed by atoms with Crippen LogP contribution in [0.25, 0.3) is 11.3 Å². The van der Waals surface area contributed by atoms with Gasteiger partial charge in [-0.15, -0.1) is 11.3 Å². The Morgan fingerprint density at radius 1 is 1.05 bits per heavy atom. The first-order valence-corrected chi connectivity index (χ1v) is 7.37. The number of anilines is 2. The molecule has 0 fully saturated rings. The van der Waals surface area contributed by atoms with Crippen LogP contribution in [0.2, 0.25) is 0 Å². The second-order valence-electron chi connectivity index (χ2n) is 4.51. The van der Waals surface area contributed by atoms with E-state index in [0.29, 0.717) is 0 Å². The summed E-state index contributed by atoms with van der Waals surface area (Å²) in [5.74, 6) is 0.841. The number of aryl methyl sites for hydroxylation is 1. The number of rotatable bonds is 4. The molecule has 0 spiro atoms. The Labute approximate surface area is 127 Å². The summed E-state index contributed by atoms with van der Waals surface area (Å²) < 4.78 is 5.15. The third kappa shape index (κ3) is 3.03. The average molecular weight is 297 g/mol. The van der Waals surface area contributed by atoms with Crippen molar-refractivity contribution in [2.24, 2.45) is 0 Å². The molecule has 0 amide bonds. The second-order valence-corrected chi connectivity index (χ2v) is 5.72. The van der Waals surface area contributed by atoms with Gasteiger partial charge >= 0.3 is 0 Å². The molecule has 3 aromatic rings. The van der Waals surface area contributed by atoms with Crippen LogP contribution in [0.4, 0.5) is 10.8 Å². The number of nitrogens with zero attached hydrogens (tertiary/aromatic N) is 2. The van der Waals surface area contributed by atoms with E-state index >= 15 is 0 Å². The monoisotopic (exact) mass is 297 g/mol. The molecule has 0 unspecified atom stereocenters. The Balaban J connectivity index is 1.83. The van der Waals surface area contributed by atoms with Crippen molar-refractivity contribution in [1.29, 1.82) is 0 Å². The lowest BCUT2D eigenvalue weighted by atomic mass is 10.2. The van der Waals surface area contributed by atoms with Gasteiger partial charge in [-0.05, 0) is 43.3 Å². The molecule has 2 aromatic heterocycles. The number of thiazole rings is 1. The summed E-state index contributed by atoms with van der Waals surface area (Å²) in [4.78, 5) is 9.88. The predicted octanol–water partition coefficient (Wildman–Crippen LogP) is 4.27. The lowest BCUT2D eigenvalue weighted by molar-refractivity contribution is 0.415. The molecule has 106 valence electrons. The van der Waals surface area contributed by atoms with Crippen LogP contribution in [-0.4, -0.2) is 17.1 Å². The van der Waals surface area contributed by atoms with Gasteiger partial charge in [0.15, 0.2) is 5.13 Å². The zero-order valence-corrected chi connectivity index (χ0v) is 12.6. The summed E-state index contributed by atoms with van der Waals surface area (Å²) >= 11 is 1.64. The molecule has 0 saturated heterocycles. The highest BCUT2D eigenvalue weighted by Gasteiger charge is 2.09. The van der Waals surface area contributed by atoms with E-state index < -0.39 is 0 Å². The van der Waals surface area contributed by atoms with E-state index in [1.54, 1.807) is 30.8 Å². The van der Waals surface area contributed by atoms with E-state index in [-0.39, 0.29) is 0 Å². The van der Waals surface area contributed by atoms with Gasteiger partial charge in [-0.2, -0.15) is 0 Å². The molecule has 0 aliphatic rings. The molecule has 0 atom stereocenters. The largest absolute Gasteiger partial charge is 0.497 e. The smallest absolute Gasteiger partial charge is 0.187 e. The summed E-state index contributed by atoms with van der Waals surface area (Å²) in [7, 11) is 1.66. The number of aromatic nitrogens is 2. The number of pyridine rings is 1. The van der Waals surface area contributed by atoms with Crippen LogP contribution in [0, 0.1) is 6.92 Å². The maximum absolute atomic E-state index is 5.15. The standard InChI is InChI=1S/C16H15N3OS/c1-11-15(12-7-9-17-10-8-12)19-16(21-11)18-13-3-5-14(20-2)6-4-13/h3-10H,1-2H3,(H,18,19). The van der Waals surface area contributed by atoms with Crippen LogP contribution >= 0.6 is 11.3 Å². The van der Waals surface area contributed by atoms with Crippen molar-refractivity contribution in [2.75, 3.05) is 12.4 Å². The Hall–Kier alpha value is -2.40. The van der Waals surface area contributed by atoms with E-state index in [1.807, 2.05) is 36.4 Å². The SMILES string of the molecule is COc1ccc(Nc2nc(-c3ccncc3)c(C)s2)cc1. The van der Waals surface area contributed by atoms with Gasteiger partial charge in [-0.1, -0.05) is 0 Å². The fraction of sp³-hybridized carbons (Fsp3) is 0.125. The number of methoxy groups -OCH3 is 1. The molecule has 3 rings (SSSR count). The normalized spacial score (nSPS) is 10.4. The minimum Gasteiger partial charge on any atom is -0.497 e. The summed E-state index contributed by atoms with van der Waals surface area (Å²) in [6.45, 7) is 2.08. The van der Waals surface area contributed by atoms with Crippen LogP contribution in [-0.2, 0) is 0 Å². The summed E-state index contributed by atoms with van der Waals surface area (Å²) in [5.41, 5.74) is 3.07. The number of hydrogen-bond donors (Lipinski definition) is 1. The zero-order chi connectivity index (χ0) is 14.7. The third-order valence-corrected chi connectivity index (χ3v) is 3.98. The molecule has 0 saturated carbocycles. The average Bonchev–Trinajstić information content (AvgIpc) is 2.89. The highest BCUT2D eigenvalue weighted by atomic mass is 32.1. The molecule has 0 bridgehead atoms. The van der Waals surface area contributed by atoms with Crippen molar-refractivity contribution in [2.45, 2.75) is 6.92 Å². The topological polar surface area (TPSA) is 47.0 Å². The minimum absolute atomic E-state index is 0.841. The Bertz CT molecular complexity index is 723. The first-order chi connectivity index (χ1) is 10.3. The van der Waals surface area contributed by atoms with E-state index in [2.05, 4.69) is 22.2 Å². The van der Waals surface area contributed by atoms with Gasteiger partial charge in [0, 0.05) is 28.5 Å². The fourth-order valence-electron chi connectivity index (χ4n) is 2.03. The van der Waals surface area contributed by atoms with Crippen molar-refractivity contribution in [1.82, 2.24) is 9.97 Å². The third-order valence-electron chi connectivity index (χ3n) is 3.09. The van der Waals surface area contributed by atoms with Crippen LogP contribution in [0.1, 0.15) is 4.88 Å². The van der Waals surface area contributed by atoms with Gasteiger partial charge in [0.2, 0.25) is 0 Å². The molecule has 0 radical (unpaired) electrons. The van der Waals surface area contributed by atoms with Gasteiger partial charge in [-0.25, -0.2) is 4.98 Å². The van der Waals surface area contributed by atoms with E-state index in [4.69, 9.17) is 4.74 Å². The van der Waals surface area contributed by atoms with Crippen molar-refractivity contribution in [3.05, 3.63) is 53.7 Å². The molecule has 2 heterocycles. The van der Waals surface area contributed by atoms with Gasteiger partial charge in [-0.3, -0.25) is 4.98 Å². The van der Waals surface area contributed by atoms with Crippen molar-refractivity contribution < 1.29 is 4.74 Å². The van der Waals surface area contributed by atoms with Gasteiger partial charge in [0.25, 0.3) is 0 Å². The van der Waals surface area contributed by atoms with E-state index in [9.17, 15) is 0 Å². The van der Waals surface area contributed by atoms with E-state index in [1.165, 1.54) is 4.88 Å². The highest BCUT2D eigenvalue weighted by Crippen LogP contribution is 2.31. The van der Waals surface area contributed by atoms with Gasteiger partial charge < -0.3 is 10.1 Å². The summed E-state index contributed by atoms with van der Waals surface area (Å²) in [5, 5.41) is 4.20. The Morgan fingerprint density at radius 3 is 2.43 bits per heavy atom. The maximum atomic E-state index is 5.15. The van der Waals surface area contributed by atoms with Crippen LogP contribution < -0.4 is 10.1 Å². The number of nitrogens with one attached hydrogen (secondary N) is 1. The fourth-order valence-corrected chi connectivity index (χ4v) is 2.88. The maximum Gasteiger partial charge on any atom is 0.187 e. The van der Waals surface area contributed by atoms with Crippen molar-refractivity contribution in [3.8, 4) is 17.0 Å². The van der Waals surface area contributed by atoms with Crippen molar-refractivity contribution >= 4 is 22.2 Å². The number of hydrogen-bond acceptors (Lipinski definition) is 5. The van der Waals surface area contributed by atoms with Gasteiger partial charge in [0.05, 0.1) is 12.8 Å².